The van der Waals surface area contributed by atoms with E-state index in [0.717, 1.165) is 16.8 Å². The summed E-state index contributed by atoms with van der Waals surface area (Å²) in [5.74, 6) is 0.265. The summed E-state index contributed by atoms with van der Waals surface area (Å²) < 4.78 is 5.71. The van der Waals surface area contributed by atoms with Crippen LogP contribution in [0.3, 0.4) is 0 Å². The fraction of sp³-hybridized carbons (Fsp3) is 0.0833. The van der Waals surface area contributed by atoms with Gasteiger partial charge in [-0.1, -0.05) is 54.1 Å². The van der Waals surface area contributed by atoms with E-state index in [1.807, 2.05) is 49.4 Å². The van der Waals surface area contributed by atoms with E-state index in [-0.39, 0.29) is 12.5 Å². The quantitative estimate of drug-likeness (QED) is 0.423. The number of hydrogen-bond donors (Lipinski definition) is 1. The molecule has 0 fully saturated rings. The lowest BCUT2D eigenvalue weighted by molar-refractivity contribution is -0.118. The highest BCUT2D eigenvalue weighted by Crippen LogP contribution is 2.25. The lowest BCUT2D eigenvalue weighted by Gasteiger charge is -2.10. The topological polar surface area (TPSA) is 62.1 Å². The van der Waals surface area contributed by atoms with Crippen molar-refractivity contribution >= 4 is 34.8 Å². The van der Waals surface area contributed by atoms with Crippen molar-refractivity contribution in [3.05, 3.63) is 94.5 Å². The second-order valence-electron chi connectivity index (χ2n) is 6.42. The monoisotopic (exact) mass is 402 g/mol. The number of benzene rings is 3. The molecule has 0 radical (unpaired) electrons. The SMILES string of the molecule is Cc1cccc(NC(=O)COc2ccccc2/C=C(\C#N)c2ccc(Cl)cc2)c1. The molecule has 0 aromatic heterocycles. The standard InChI is InChI=1S/C24H19ClN2O2/c1-17-5-4-7-22(13-17)27-24(28)16-29-23-8-3-2-6-19(23)14-20(15-26)18-9-11-21(25)12-10-18/h2-14H,16H2,1H3,(H,27,28)/b20-14+. The summed E-state index contributed by atoms with van der Waals surface area (Å²) in [5, 5.41) is 13.0. The van der Waals surface area contributed by atoms with Gasteiger partial charge in [-0.2, -0.15) is 5.26 Å². The predicted molar refractivity (Wildman–Crippen MR) is 117 cm³/mol. The largest absolute Gasteiger partial charge is 0.483 e. The molecule has 3 aromatic rings. The molecular weight excluding hydrogens is 384 g/mol. The number of halogens is 1. The second kappa shape index (κ2) is 9.59. The summed E-state index contributed by atoms with van der Waals surface area (Å²) in [5.41, 5.74) is 3.72. The molecule has 1 N–H and O–H groups in total. The van der Waals surface area contributed by atoms with E-state index in [4.69, 9.17) is 16.3 Å². The van der Waals surface area contributed by atoms with E-state index in [9.17, 15) is 10.1 Å². The smallest absolute Gasteiger partial charge is 0.262 e. The molecule has 0 aliphatic rings. The molecule has 0 atom stereocenters. The number of nitrogens with zero attached hydrogens (tertiary/aromatic N) is 1. The summed E-state index contributed by atoms with van der Waals surface area (Å²) in [7, 11) is 0. The Morgan fingerprint density at radius 3 is 2.59 bits per heavy atom. The van der Waals surface area contributed by atoms with Gasteiger partial charge in [0.1, 0.15) is 5.75 Å². The third kappa shape index (κ3) is 5.71. The van der Waals surface area contributed by atoms with Crippen LogP contribution in [0.25, 0.3) is 11.6 Å². The number of para-hydroxylation sites is 1. The molecule has 0 saturated heterocycles. The van der Waals surface area contributed by atoms with Crippen LogP contribution in [0, 0.1) is 18.3 Å². The molecular formula is C24H19ClN2O2. The zero-order valence-corrected chi connectivity index (χ0v) is 16.6. The van der Waals surface area contributed by atoms with Crippen molar-refractivity contribution in [2.45, 2.75) is 6.92 Å². The Balaban J connectivity index is 1.74. The molecule has 0 heterocycles. The van der Waals surface area contributed by atoms with Crippen LogP contribution in [0.5, 0.6) is 5.75 Å². The molecule has 3 rings (SSSR count). The van der Waals surface area contributed by atoms with Crippen molar-refractivity contribution in [3.63, 3.8) is 0 Å². The van der Waals surface area contributed by atoms with Gasteiger partial charge in [0.15, 0.2) is 6.61 Å². The first-order valence-electron chi connectivity index (χ1n) is 9.01. The summed E-state index contributed by atoms with van der Waals surface area (Å²) in [6.45, 7) is 1.82. The molecule has 5 heteroatoms. The van der Waals surface area contributed by atoms with Gasteiger partial charge in [0.25, 0.3) is 5.91 Å². The Bertz CT molecular complexity index is 1080. The van der Waals surface area contributed by atoms with Crippen LogP contribution in [0.2, 0.25) is 5.02 Å². The maximum atomic E-state index is 12.2. The minimum atomic E-state index is -0.257. The average molecular weight is 403 g/mol. The number of anilines is 1. The number of nitrogens with one attached hydrogen (secondary N) is 1. The van der Waals surface area contributed by atoms with E-state index in [1.165, 1.54) is 0 Å². The molecule has 0 saturated carbocycles. The van der Waals surface area contributed by atoms with Gasteiger partial charge in [-0.15, -0.1) is 0 Å². The Kier molecular flexibility index (Phi) is 6.67. The summed E-state index contributed by atoms with van der Waals surface area (Å²) in [6.07, 6.45) is 1.73. The van der Waals surface area contributed by atoms with E-state index in [1.54, 1.807) is 36.4 Å². The first-order chi connectivity index (χ1) is 14.0. The zero-order valence-electron chi connectivity index (χ0n) is 15.9. The fourth-order valence-corrected chi connectivity index (χ4v) is 2.89. The lowest BCUT2D eigenvalue weighted by Crippen LogP contribution is -2.20. The summed E-state index contributed by atoms with van der Waals surface area (Å²) >= 11 is 5.92. The number of carbonyl (C=O) groups excluding carboxylic acids is 1. The van der Waals surface area contributed by atoms with Gasteiger partial charge in [0.05, 0.1) is 11.6 Å². The number of aryl methyl sites for hydroxylation is 1. The number of carbonyl (C=O) groups is 1. The first-order valence-corrected chi connectivity index (χ1v) is 9.39. The van der Waals surface area contributed by atoms with Gasteiger partial charge in [-0.25, -0.2) is 0 Å². The third-order valence-electron chi connectivity index (χ3n) is 4.16. The highest BCUT2D eigenvalue weighted by molar-refractivity contribution is 6.30. The van der Waals surface area contributed by atoms with E-state index in [0.29, 0.717) is 21.9 Å². The van der Waals surface area contributed by atoms with Crippen molar-refractivity contribution in [1.82, 2.24) is 0 Å². The van der Waals surface area contributed by atoms with E-state index < -0.39 is 0 Å². The van der Waals surface area contributed by atoms with Crippen LogP contribution >= 0.6 is 11.6 Å². The Morgan fingerprint density at radius 1 is 1.10 bits per heavy atom. The minimum Gasteiger partial charge on any atom is -0.483 e. The van der Waals surface area contributed by atoms with Crippen molar-refractivity contribution in [1.29, 1.82) is 5.26 Å². The minimum absolute atomic E-state index is 0.137. The molecule has 1 amide bonds. The van der Waals surface area contributed by atoms with Crippen molar-refractivity contribution in [3.8, 4) is 11.8 Å². The number of amides is 1. The molecule has 0 aliphatic carbocycles. The molecule has 0 spiro atoms. The summed E-state index contributed by atoms with van der Waals surface area (Å²) in [6, 6.07) is 24.1. The van der Waals surface area contributed by atoms with Crippen LogP contribution in [-0.4, -0.2) is 12.5 Å². The number of nitriles is 1. The molecule has 3 aromatic carbocycles. The highest BCUT2D eigenvalue weighted by atomic mass is 35.5. The van der Waals surface area contributed by atoms with E-state index in [2.05, 4.69) is 11.4 Å². The lowest BCUT2D eigenvalue weighted by atomic mass is 10.0. The van der Waals surface area contributed by atoms with Crippen molar-refractivity contribution < 1.29 is 9.53 Å². The van der Waals surface area contributed by atoms with Crippen LogP contribution in [0.15, 0.2) is 72.8 Å². The first kappa shape index (κ1) is 20.2. The Morgan fingerprint density at radius 2 is 1.86 bits per heavy atom. The molecule has 0 unspecified atom stereocenters. The second-order valence-corrected chi connectivity index (χ2v) is 6.86. The Labute approximate surface area is 175 Å². The van der Waals surface area contributed by atoms with Gasteiger partial charge in [0.2, 0.25) is 0 Å². The van der Waals surface area contributed by atoms with Crippen LogP contribution in [0.4, 0.5) is 5.69 Å². The van der Waals surface area contributed by atoms with Crippen molar-refractivity contribution in [2.75, 3.05) is 11.9 Å². The van der Waals surface area contributed by atoms with Crippen LogP contribution in [-0.2, 0) is 4.79 Å². The molecule has 144 valence electrons. The third-order valence-corrected chi connectivity index (χ3v) is 4.41. The molecule has 0 bridgehead atoms. The fourth-order valence-electron chi connectivity index (χ4n) is 2.76. The average Bonchev–Trinajstić information content (AvgIpc) is 2.72. The molecule has 4 nitrogen and oxygen atoms in total. The van der Waals surface area contributed by atoms with Crippen LogP contribution in [0.1, 0.15) is 16.7 Å². The number of ether oxygens (including phenoxy) is 1. The molecule has 29 heavy (non-hydrogen) atoms. The van der Waals surface area contributed by atoms with Gasteiger partial charge >= 0.3 is 0 Å². The van der Waals surface area contributed by atoms with Gasteiger partial charge < -0.3 is 10.1 Å². The normalized spacial score (nSPS) is 10.9. The van der Waals surface area contributed by atoms with Gasteiger partial charge in [-0.05, 0) is 54.5 Å². The van der Waals surface area contributed by atoms with Gasteiger partial charge in [0, 0.05) is 16.3 Å². The number of rotatable bonds is 6. The maximum absolute atomic E-state index is 12.2. The number of allylic oxidation sites excluding steroid dienone is 1. The zero-order chi connectivity index (χ0) is 20.6. The Hall–Kier alpha value is -3.55. The van der Waals surface area contributed by atoms with Gasteiger partial charge in [-0.3, -0.25) is 4.79 Å². The van der Waals surface area contributed by atoms with Crippen molar-refractivity contribution in [2.24, 2.45) is 0 Å². The van der Waals surface area contributed by atoms with E-state index >= 15 is 0 Å². The maximum Gasteiger partial charge on any atom is 0.262 e. The molecule has 0 aliphatic heterocycles. The highest BCUT2D eigenvalue weighted by Gasteiger charge is 2.08. The van der Waals surface area contributed by atoms with Crippen LogP contribution < -0.4 is 10.1 Å². The number of hydrogen-bond acceptors (Lipinski definition) is 3. The predicted octanol–water partition coefficient (Wildman–Crippen LogP) is 5.73. The summed E-state index contributed by atoms with van der Waals surface area (Å²) in [4.78, 5) is 12.2.